The first kappa shape index (κ1) is 14.7. The van der Waals surface area contributed by atoms with Crippen LogP contribution in [0.4, 0.5) is 0 Å². The molecule has 0 spiro atoms. The third-order valence-corrected chi connectivity index (χ3v) is 4.51. The molecule has 1 aromatic heterocycles. The first-order chi connectivity index (χ1) is 7.95. The van der Waals surface area contributed by atoms with Gasteiger partial charge in [0, 0.05) is 13.6 Å². The van der Waals surface area contributed by atoms with Crippen molar-refractivity contribution in [3.63, 3.8) is 0 Å². The zero-order valence-corrected chi connectivity index (χ0v) is 12.8. The van der Waals surface area contributed by atoms with E-state index in [-0.39, 0.29) is 11.8 Å². The fourth-order valence-corrected chi connectivity index (χ4v) is 2.73. The number of likely N-dealkylation sites (N-methyl/N-ethyl adjacent to an activating group) is 1. The second kappa shape index (κ2) is 6.52. The van der Waals surface area contributed by atoms with Crippen molar-refractivity contribution in [2.24, 2.45) is 11.7 Å². The van der Waals surface area contributed by atoms with Crippen LogP contribution >= 0.6 is 27.3 Å². The van der Waals surface area contributed by atoms with Crippen LogP contribution in [0.15, 0.2) is 15.2 Å². The van der Waals surface area contributed by atoms with Gasteiger partial charge in [0.15, 0.2) is 0 Å². The summed E-state index contributed by atoms with van der Waals surface area (Å²) in [7, 11) is 1.80. The van der Waals surface area contributed by atoms with Gasteiger partial charge in [-0.25, -0.2) is 0 Å². The molecule has 0 saturated carbocycles. The van der Waals surface area contributed by atoms with Crippen molar-refractivity contribution >= 4 is 33.2 Å². The highest BCUT2D eigenvalue weighted by atomic mass is 79.9. The third-order valence-electron chi connectivity index (χ3n) is 2.96. The van der Waals surface area contributed by atoms with Gasteiger partial charge in [-0.2, -0.15) is 0 Å². The smallest absolute Gasteiger partial charge is 0.239 e. The molecule has 96 valence electrons. The molecule has 0 fully saturated rings. The van der Waals surface area contributed by atoms with Crippen LogP contribution in [0.3, 0.4) is 0 Å². The summed E-state index contributed by atoms with van der Waals surface area (Å²) in [5.41, 5.74) is 7.07. The Labute approximate surface area is 115 Å². The van der Waals surface area contributed by atoms with E-state index in [4.69, 9.17) is 5.73 Å². The molecule has 3 nitrogen and oxygen atoms in total. The minimum Gasteiger partial charge on any atom is -0.340 e. The molecule has 1 unspecified atom stereocenters. The van der Waals surface area contributed by atoms with Crippen LogP contribution in [0.2, 0.25) is 0 Å². The Morgan fingerprint density at radius 1 is 1.65 bits per heavy atom. The van der Waals surface area contributed by atoms with Crippen molar-refractivity contribution in [3.8, 4) is 0 Å². The van der Waals surface area contributed by atoms with E-state index in [1.807, 2.05) is 25.3 Å². The lowest BCUT2D eigenvalue weighted by molar-refractivity contribution is -0.132. The van der Waals surface area contributed by atoms with Crippen LogP contribution in [-0.2, 0) is 11.3 Å². The van der Waals surface area contributed by atoms with Gasteiger partial charge in [0.1, 0.15) is 0 Å². The van der Waals surface area contributed by atoms with Crippen molar-refractivity contribution in [2.45, 2.75) is 32.9 Å². The number of nitrogens with two attached hydrogens (primary N) is 1. The predicted octanol–water partition coefficient (Wildman–Crippen LogP) is 2.84. The first-order valence-corrected chi connectivity index (χ1v) is 7.36. The van der Waals surface area contributed by atoms with E-state index in [0.717, 1.165) is 15.8 Å². The molecule has 2 N–H and O–H groups in total. The highest BCUT2D eigenvalue weighted by Gasteiger charge is 2.22. The molecular formula is C12H19BrN2OS. The SMILES string of the molecule is CCC(C)[C@H](N)C(=O)N(C)Cc1csc(Br)c1. The fraction of sp³-hybridized carbons (Fsp3) is 0.583. The number of nitrogens with zero attached hydrogens (tertiary/aromatic N) is 1. The second-order valence-electron chi connectivity index (χ2n) is 4.36. The standard InChI is InChI=1S/C12H19BrN2OS/c1-4-8(2)11(14)12(16)15(3)6-9-5-10(13)17-7-9/h5,7-8,11H,4,6,14H2,1-3H3/t8?,11-/m0/s1. The largest absolute Gasteiger partial charge is 0.340 e. The minimum atomic E-state index is -0.396. The molecule has 1 heterocycles. The molecule has 1 rings (SSSR count). The Balaban J connectivity index is 2.58. The first-order valence-electron chi connectivity index (χ1n) is 5.69. The Kier molecular flexibility index (Phi) is 5.62. The maximum Gasteiger partial charge on any atom is 0.239 e. The van der Waals surface area contributed by atoms with E-state index in [1.165, 1.54) is 0 Å². The molecule has 0 aliphatic rings. The van der Waals surface area contributed by atoms with Crippen LogP contribution in [0.5, 0.6) is 0 Å². The molecule has 1 amide bonds. The summed E-state index contributed by atoms with van der Waals surface area (Å²) in [5, 5.41) is 2.04. The van der Waals surface area contributed by atoms with E-state index in [2.05, 4.69) is 15.9 Å². The summed E-state index contributed by atoms with van der Waals surface area (Å²) in [6.07, 6.45) is 0.921. The van der Waals surface area contributed by atoms with Crippen molar-refractivity contribution in [1.29, 1.82) is 0 Å². The highest BCUT2D eigenvalue weighted by Crippen LogP contribution is 2.21. The summed E-state index contributed by atoms with van der Waals surface area (Å²) >= 11 is 5.04. The number of rotatable bonds is 5. The summed E-state index contributed by atoms with van der Waals surface area (Å²) in [4.78, 5) is 13.7. The summed E-state index contributed by atoms with van der Waals surface area (Å²) < 4.78 is 1.08. The zero-order chi connectivity index (χ0) is 13.0. The van der Waals surface area contributed by atoms with Crippen molar-refractivity contribution in [3.05, 3.63) is 20.8 Å². The van der Waals surface area contributed by atoms with E-state index in [0.29, 0.717) is 6.54 Å². The quantitative estimate of drug-likeness (QED) is 0.907. The number of halogens is 1. The van der Waals surface area contributed by atoms with Crippen LogP contribution in [0.25, 0.3) is 0 Å². The van der Waals surface area contributed by atoms with Gasteiger partial charge < -0.3 is 10.6 Å². The maximum atomic E-state index is 12.0. The monoisotopic (exact) mass is 318 g/mol. The van der Waals surface area contributed by atoms with Gasteiger partial charge in [-0.05, 0) is 38.9 Å². The zero-order valence-electron chi connectivity index (χ0n) is 10.4. The van der Waals surface area contributed by atoms with Gasteiger partial charge in [-0.15, -0.1) is 11.3 Å². The molecule has 0 saturated heterocycles. The molecular weight excluding hydrogens is 300 g/mol. The molecule has 5 heteroatoms. The molecule has 1 aromatic rings. The Morgan fingerprint density at radius 2 is 2.29 bits per heavy atom. The number of carbonyl (C=O) groups is 1. The number of hydrogen-bond donors (Lipinski definition) is 1. The van der Waals surface area contributed by atoms with Crippen LogP contribution in [0.1, 0.15) is 25.8 Å². The van der Waals surface area contributed by atoms with Gasteiger partial charge >= 0.3 is 0 Å². The lowest BCUT2D eigenvalue weighted by Crippen LogP contribution is -2.45. The van der Waals surface area contributed by atoms with Crippen LogP contribution < -0.4 is 5.73 Å². The molecule has 2 atom stereocenters. The van der Waals surface area contributed by atoms with Crippen molar-refractivity contribution < 1.29 is 4.79 Å². The van der Waals surface area contributed by atoms with Gasteiger partial charge in [0.2, 0.25) is 5.91 Å². The maximum absolute atomic E-state index is 12.0. The van der Waals surface area contributed by atoms with Gasteiger partial charge in [0.25, 0.3) is 0 Å². The van der Waals surface area contributed by atoms with E-state index in [1.54, 1.807) is 23.3 Å². The topological polar surface area (TPSA) is 46.3 Å². The summed E-state index contributed by atoms with van der Waals surface area (Å²) in [6, 6.07) is 1.63. The van der Waals surface area contributed by atoms with Gasteiger partial charge in [-0.3, -0.25) is 4.79 Å². The summed E-state index contributed by atoms with van der Waals surface area (Å²) in [5.74, 6) is 0.237. The number of hydrogen-bond acceptors (Lipinski definition) is 3. The minimum absolute atomic E-state index is 0.0154. The van der Waals surface area contributed by atoms with Crippen molar-refractivity contribution in [2.75, 3.05) is 7.05 Å². The second-order valence-corrected chi connectivity index (χ2v) is 6.66. The van der Waals surface area contributed by atoms with Crippen LogP contribution in [0, 0.1) is 5.92 Å². The number of amides is 1. The average Bonchev–Trinajstić information content (AvgIpc) is 2.71. The third kappa shape index (κ3) is 4.08. The fourth-order valence-electron chi connectivity index (χ4n) is 1.53. The average molecular weight is 319 g/mol. The number of carbonyl (C=O) groups excluding carboxylic acids is 1. The number of thiophene rings is 1. The molecule has 0 bridgehead atoms. The normalized spacial score (nSPS) is 14.4. The molecule has 0 aromatic carbocycles. The van der Waals surface area contributed by atoms with E-state index < -0.39 is 6.04 Å². The molecule has 0 aliphatic heterocycles. The molecule has 0 aliphatic carbocycles. The van der Waals surface area contributed by atoms with E-state index in [9.17, 15) is 4.79 Å². The highest BCUT2D eigenvalue weighted by molar-refractivity contribution is 9.11. The predicted molar refractivity (Wildman–Crippen MR) is 75.9 cm³/mol. The lowest BCUT2D eigenvalue weighted by Gasteiger charge is -2.24. The Hall–Kier alpha value is -0.390. The van der Waals surface area contributed by atoms with Crippen molar-refractivity contribution in [1.82, 2.24) is 4.90 Å². The van der Waals surface area contributed by atoms with Gasteiger partial charge in [-0.1, -0.05) is 20.3 Å². The molecule has 0 radical (unpaired) electrons. The Bertz CT molecular complexity index is 380. The van der Waals surface area contributed by atoms with Crippen LogP contribution in [-0.4, -0.2) is 23.9 Å². The van der Waals surface area contributed by atoms with E-state index >= 15 is 0 Å². The summed E-state index contributed by atoms with van der Waals surface area (Å²) in [6.45, 7) is 4.68. The van der Waals surface area contributed by atoms with Gasteiger partial charge in [0.05, 0.1) is 9.83 Å². The Morgan fingerprint density at radius 3 is 2.76 bits per heavy atom. The lowest BCUT2D eigenvalue weighted by atomic mass is 9.99. The molecule has 17 heavy (non-hydrogen) atoms.